The molecule has 0 bridgehead atoms. The van der Waals surface area contributed by atoms with Crippen LogP contribution in [0.15, 0.2) is 65.6 Å². The Bertz CT molecular complexity index is 1460. The molecule has 3 rings (SSSR count). The summed E-state index contributed by atoms with van der Waals surface area (Å²) in [6.45, 7) is 4.13. The van der Waals surface area contributed by atoms with E-state index < -0.39 is 38.5 Å². The molecular weight excluding hydrogens is 547 g/mol. The Labute approximate surface area is 222 Å². The molecule has 0 unspecified atom stereocenters. The van der Waals surface area contributed by atoms with E-state index in [2.05, 4.69) is 15.4 Å². The molecule has 0 radical (unpaired) electrons. The first-order valence-corrected chi connectivity index (χ1v) is 13.1. The molecule has 0 saturated heterocycles. The number of nitrogens with one attached hydrogen (secondary N) is 3. The topological polar surface area (TPSA) is 114 Å². The molecule has 0 aromatic heterocycles. The van der Waals surface area contributed by atoms with Gasteiger partial charge in [-0.2, -0.15) is 13.2 Å². The van der Waals surface area contributed by atoms with E-state index in [1.165, 1.54) is 18.2 Å². The molecule has 3 aromatic carbocycles. The summed E-state index contributed by atoms with van der Waals surface area (Å²) in [5.74, 6) is -1.39. The number of ether oxygens (including phenoxy) is 1. The second kappa shape index (κ2) is 11.7. The average Bonchev–Trinajstić information content (AvgIpc) is 2.84. The lowest BCUT2D eigenvalue weighted by Gasteiger charge is -2.15. The first-order valence-electron chi connectivity index (χ1n) is 11.2. The van der Waals surface area contributed by atoms with Crippen LogP contribution >= 0.6 is 11.6 Å². The Morgan fingerprint density at radius 2 is 1.71 bits per heavy atom. The first kappa shape index (κ1) is 28.8. The molecule has 8 nitrogen and oxygen atoms in total. The van der Waals surface area contributed by atoms with E-state index >= 15 is 0 Å². The van der Waals surface area contributed by atoms with E-state index in [-0.39, 0.29) is 34.1 Å². The summed E-state index contributed by atoms with van der Waals surface area (Å²) in [6.07, 6.45) is -4.66. The van der Waals surface area contributed by atoms with Gasteiger partial charge in [0, 0.05) is 12.2 Å². The maximum absolute atomic E-state index is 13.1. The van der Waals surface area contributed by atoms with Gasteiger partial charge in [0.1, 0.15) is 0 Å². The third-order valence-electron chi connectivity index (χ3n) is 5.08. The van der Waals surface area contributed by atoms with E-state index in [0.29, 0.717) is 18.3 Å². The maximum atomic E-state index is 13.1. The van der Waals surface area contributed by atoms with Crippen molar-refractivity contribution in [1.82, 2.24) is 0 Å². The van der Waals surface area contributed by atoms with Crippen LogP contribution in [0, 0.1) is 0 Å². The van der Waals surface area contributed by atoms with Crippen molar-refractivity contribution in [3.8, 4) is 0 Å². The van der Waals surface area contributed by atoms with Gasteiger partial charge in [-0.3, -0.25) is 9.52 Å². The number of carbonyl (C=O) groups excluding carboxylic acids is 2. The zero-order valence-electron chi connectivity index (χ0n) is 20.1. The Hall–Kier alpha value is -3.77. The molecule has 3 N–H and O–H groups in total. The van der Waals surface area contributed by atoms with Gasteiger partial charge < -0.3 is 15.4 Å². The lowest BCUT2D eigenvalue weighted by Crippen LogP contribution is -2.18. The smallest absolute Gasteiger partial charge is 0.416 e. The van der Waals surface area contributed by atoms with Crippen molar-refractivity contribution in [3.05, 3.63) is 82.4 Å². The number of amides is 1. The SMILES string of the molecule is CCNc1ccc(C(=O)OCC)cc1NC(=O)c1cc(S(=O)(=O)Nc2cccc(C(F)(F)F)c2)ccc1Cl. The minimum Gasteiger partial charge on any atom is -0.462 e. The number of hydrogen-bond acceptors (Lipinski definition) is 6. The minimum absolute atomic E-state index is 0.0768. The van der Waals surface area contributed by atoms with E-state index in [0.717, 1.165) is 30.3 Å². The predicted octanol–water partition coefficient (Wildman–Crippen LogP) is 6.02. The summed E-state index contributed by atoms with van der Waals surface area (Å²) in [7, 11) is -4.39. The molecular formula is C25H23ClF3N3O5S. The zero-order valence-corrected chi connectivity index (χ0v) is 21.7. The van der Waals surface area contributed by atoms with Crippen molar-refractivity contribution in [2.24, 2.45) is 0 Å². The molecule has 0 fully saturated rings. The number of sulfonamides is 1. The van der Waals surface area contributed by atoms with Crippen molar-refractivity contribution >= 4 is 50.6 Å². The maximum Gasteiger partial charge on any atom is 0.416 e. The van der Waals surface area contributed by atoms with Crippen molar-refractivity contribution in [2.45, 2.75) is 24.9 Å². The predicted molar refractivity (Wildman–Crippen MR) is 138 cm³/mol. The molecule has 0 heterocycles. The normalized spacial score (nSPS) is 11.5. The molecule has 202 valence electrons. The molecule has 0 atom stereocenters. The second-order valence-electron chi connectivity index (χ2n) is 7.79. The van der Waals surface area contributed by atoms with Crippen LogP contribution in [0.3, 0.4) is 0 Å². The summed E-state index contributed by atoms with van der Waals surface area (Å²) in [5.41, 5.74) is -0.685. The lowest BCUT2D eigenvalue weighted by molar-refractivity contribution is -0.137. The van der Waals surface area contributed by atoms with E-state index in [1.807, 2.05) is 6.92 Å². The number of alkyl halides is 3. The van der Waals surface area contributed by atoms with Gasteiger partial charge in [-0.25, -0.2) is 13.2 Å². The fourth-order valence-electron chi connectivity index (χ4n) is 3.34. The molecule has 3 aromatic rings. The van der Waals surface area contributed by atoms with Crippen LogP contribution in [0.5, 0.6) is 0 Å². The fraction of sp³-hybridized carbons (Fsp3) is 0.200. The number of halogens is 4. The van der Waals surface area contributed by atoms with Crippen LogP contribution in [0.4, 0.5) is 30.2 Å². The molecule has 13 heteroatoms. The number of benzene rings is 3. The van der Waals surface area contributed by atoms with Gasteiger partial charge in [-0.05, 0) is 68.4 Å². The molecule has 0 aliphatic carbocycles. The van der Waals surface area contributed by atoms with Crippen molar-refractivity contribution in [2.75, 3.05) is 28.5 Å². The van der Waals surface area contributed by atoms with Crippen LogP contribution in [0.1, 0.15) is 40.1 Å². The summed E-state index contributed by atoms with van der Waals surface area (Å²) >= 11 is 6.17. The van der Waals surface area contributed by atoms with Gasteiger partial charge >= 0.3 is 12.1 Å². The third kappa shape index (κ3) is 6.95. The van der Waals surface area contributed by atoms with Crippen molar-refractivity contribution in [1.29, 1.82) is 0 Å². The van der Waals surface area contributed by atoms with Gasteiger partial charge in [0.15, 0.2) is 0 Å². The highest BCUT2D eigenvalue weighted by atomic mass is 35.5. The molecule has 0 aliphatic heterocycles. The van der Waals surface area contributed by atoms with Crippen LogP contribution in [0.2, 0.25) is 5.02 Å². The third-order valence-corrected chi connectivity index (χ3v) is 6.79. The fourth-order valence-corrected chi connectivity index (χ4v) is 4.62. The number of carbonyl (C=O) groups is 2. The van der Waals surface area contributed by atoms with Crippen molar-refractivity contribution in [3.63, 3.8) is 0 Å². The number of esters is 1. The van der Waals surface area contributed by atoms with Gasteiger partial charge in [-0.15, -0.1) is 0 Å². The van der Waals surface area contributed by atoms with Crippen molar-refractivity contribution < 1.29 is 35.9 Å². The summed E-state index contributed by atoms with van der Waals surface area (Å²) < 4.78 is 71.9. The monoisotopic (exact) mass is 569 g/mol. The first-order chi connectivity index (χ1) is 17.9. The Morgan fingerprint density at radius 3 is 2.37 bits per heavy atom. The van der Waals surface area contributed by atoms with Gasteiger partial charge in [-0.1, -0.05) is 17.7 Å². The average molecular weight is 570 g/mol. The molecule has 38 heavy (non-hydrogen) atoms. The van der Waals surface area contributed by atoms with Crippen LogP contribution < -0.4 is 15.4 Å². The zero-order chi connectivity index (χ0) is 28.1. The molecule has 0 aliphatic rings. The molecule has 0 saturated carbocycles. The molecule has 1 amide bonds. The quantitative estimate of drug-likeness (QED) is 0.272. The Morgan fingerprint density at radius 1 is 0.974 bits per heavy atom. The minimum atomic E-state index is -4.66. The van der Waals surface area contributed by atoms with Gasteiger partial charge in [0.2, 0.25) is 0 Å². The summed E-state index contributed by atoms with van der Waals surface area (Å²) in [5, 5.41) is 5.57. The van der Waals surface area contributed by atoms with E-state index in [4.69, 9.17) is 16.3 Å². The van der Waals surface area contributed by atoms with Crippen LogP contribution in [-0.2, 0) is 20.9 Å². The Balaban J connectivity index is 1.92. The van der Waals surface area contributed by atoms with Crippen LogP contribution in [0.25, 0.3) is 0 Å². The van der Waals surface area contributed by atoms with E-state index in [1.54, 1.807) is 13.0 Å². The summed E-state index contributed by atoms with van der Waals surface area (Å²) in [4.78, 5) is 24.8. The standard InChI is InChI=1S/C25H23ClF3N3O5S/c1-3-30-21-11-8-15(24(34)37-4-2)12-22(21)31-23(33)19-14-18(9-10-20(19)26)38(35,36)32-17-7-5-6-16(13-17)25(27,28)29/h5-14,30,32H,3-4H2,1-2H3,(H,31,33). The second-order valence-corrected chi connectivity index (χ2v) is 9.88. The van der Waals surface area contributed by atoms with Crippen LogP contribution in [-0.4, -0.2) is 33.4 Å². The lowest BCUT2D eigenvalue weighted by atomic mass is 10.1. The highest BCUT2D eigenvalue weighted by Crippen LogP contribution is 2.32. The highest BCUT2D eigenvalue weighted by Gasteiger charge is 2.31. The highest BCUT2D eigenvalue weighted by molar-refractivity contribution is 7.92. The van der Waals surface area contributed by atoms with Gasteiger partial charge in [0.05, 0.1) is 44.6 Å². The number of hydrogen-bond donors (Lipinski definition) is 3. The number of anilines is 3. The molecule has 0 spiro atoms. The summed E-state index contributed by atoms with van der Waals surface area (Å²) in [6, 6.07) is 11.5. The largest absolute Gasteiger partial charge is 0.462 e. The van der Waals surface area contributed by atoms with Gasteiger partial charge in [0.25, 0.3) is 15.9 Å². The van der Waals surface area contributed by atoms with E-state index in [9.17, 15) is 31.2 Å². The Kier molecular flexibility index (Phi) is 8.89. The number of rotatable bonds is 9.